The molecule has 1 heterocycles. The summed E-state index contributed by atoms with van der Waals surface area (Å²) >= 11 is 3.26. The standard InChI is InChI=1S/C15H20BrFN2O/c1-15(2,19-5-3-18-4-6-19)14(20)9-11-7-12(16)10-13(17)8-11/h7-8,10,18H,3-6,9H2,1-2H3. The van der Waals surface area contributed by atoms with Gasteiger partial charge in [-0.15, -0.1) is 0 Å². The third-order valence-electron chi connectivity index (χ3n) is 3.88. The molecule has 0 aliphatic carbocycles. The number of halogens is 2. The van der Waals surface area contributed by atoms with E-state index in [1.165, 1.54) is 12.1 Å². The lowest BCUT2D eigenvalue weighted by Crippen LogP contribution is -2.57. The predicted molar refractivity (Wildman–Crippen MR) is 81.3 cm³/mol. The molecule has 0 aromatic heterocycles. The number of ketones is 1. The van der Waals surface area contributed by atoms with Crippen LogP contribution in [0.5, 0.6) is 0 Å². The first-order valence-electron chi connectivity index (χ1n) is 6.83. The quantitative estimate of drug-likeness (QED) is 0.911. The van der Waals surface area contributed by atoms with Crippen LogP contribution >= 0.6 is 15.9 Å². The summed E-state index contributed by atoms with van der Waals surface area (Å²) in [7, 11) is 0. The molecule has 0 radical (unpaired) electrons. The molecule has 110 valence electrons. The second-order valence-corrected chi connectivity index (χ2v) is 6.59. The summed E-state index contributed by atoms with van der Waals surface area (Å²) in [5, 5.41) is 3.28. The van der Waals surface area contributed by atoms with E-state index in [9.17, 15) is 9.18 Å². The van der Waals surface area contributed by atoms with Gasteiger partial charge in [0.15, 0.2) is 5.78 Å². The van der Waals surface area contributed by atoms with Crippen LogP contribution in [0, 0.1) is 5.82 Å². The lowest BCUT2D eigenvalue weighted by Gasteiger charge is -2.40. The topological polar surface area (TPSA) is 32.3 Å². The van der Waals surface area contributed by atoms with Crippen LogP contribution in [-0.2, 0) is 11.2 Å². The van der Waals surface area contributed by atoms with E-state index in [0.29, 0.717) is 10.0 Å². The van der Waals surface area contributed by atoms with Gasteiger partial charge in [-0.2, -0.15) is 0 Å². The number of nitrogens with zero attached hydrogens (tertiary/aromatic N) is 1. The summed E-state index contributed by atoms with van der Waals surface area (Å²) in [5.74, 6) is -0.195. The highest BCUT2D eigenvalue weighted by molar-refractivity contribution is 9.10. The van der Waals surface area contributed by atoms with Gasteiger partial charge in [-0.3, -0.25) is 9.69 Å². The molecule has 1 N–H and O–H groups in total. The second kappa shape index (κ2) is 6.33. The molecular formula is C15H20BrFN2O. The van der Waals surface area contributed by atoms with Gasteiger partial charge in [0, 0.05) is 37.1 Å². The van der Waals surface area contributed by atoms with E-state index in [-0.39, 0.29) is 18.0 Å². The molecule has 0 saturated carbocycles. The average Bonchev–Trinajstić information content (AvgIpc) is 2.38. The van der Waals surface area contributed by atoms with Crippen molar-refractivity contribution in [1.29, 1.82) is 0 Å². The summed E-state index contributed by atoms with van der Waals surface area (Å²) in [4.78, 5) is 14.8. The van der Waals surface area contributed by atoms with Crippen LogP contribution in [0.15, 0.2) is 22.7 Å². The second-order valence-electron chi connectivity index (χ2n) is 5.67. The van der Waals surface area contributed by atoms with E-state index in [4.69, 9.17) is 0 Å². The Bertz CT molecular complexity index is 478. The zero-order valence-electron chi connectivity index (χ0n) is 11.9. The number of carbonyl (C=O) groups excluding carboxylic acids is 1. The first kappa shape index (κ1) is 15.6. The number of hydrogen-bond acceptors (Lipinski definition) is 3. The van der Waals surface area contributed by atoms with E-state index < -0.39 is 5.54 Å². The van der Waals surface area contributed by atoms with Gasteiger partial charge in [-0.25, -0.2) is 4.39 Å². The van der Waals surface area contributed by atoms with Crippen molar-refractivity contribution in [2.24, 2.45) is 0 Å². The maximum atomic E-state index is 13.4. The monoisotopic (exact) mass is 342 g/mol. The van der Waals surface area contributed by atoms with Gasteiger partial charge >= 0.3 is 0 Å². The van der Waals surface area contributed by atoms with Crippen molar-refractivity contribution in [2.75, 3.05) is 26.2 Å². The van der Waals surface area contributed by atoms with Crippen molar-refractivity contribution < 1.29 is 9.18 Å². The average molecular weight is 343 g/mol. The van der Waals surface area contributed by atoms with Gasteiger partial charge in [0.2, 0.25) is 0 Å². The molecule has 3 nitrogen and oxygen atoms in total. The molecule has 0 amide bonds. The summed E-state index contributed by atoms with van der Waals surface area (Å²) < 4.78 is 14.0. The van der Waals surface area contributed by atoms with E-state index in [2.05, 4.69) is 26.1 Å². The Morgan fingerprint density at radius 1 is 1.35 bits per heavy atom. The third kappa shape index (κ3) is 3.65. The van der Waals surface area contributed by atoms with Gasteiger partial charge < -0.3 is 5.32 Å². The molecule has 0 bridgehead atoms. The summed E-state index contributed by atoms with van der Waals surface area (Å²) in [6.07, 6.45) is 0.257. The van der Waals surface area contributed by atoms with Crippen LogP contribution in [0.25, 0.3) is 0 Å². The number of hydrogen-bond donors (Lipinski definition) is 1. The molecular weight excluding hydrogens is 323 g/mol. The molecule has 0 atom stereocenters. The lowest BCUT2D eigenvalue weighted by atomic mass is 9.91. The van der Waals surface area contributed by atoms with Crippen molar-refractivity contribution in [3.63, 3.8) is 0 Å². The molecule has 1 fully saturated rings. The fourth-order valence-electron chi connectivity index (χ4n) is 2.51. The number of piperazine rings is 1. The van der Waals surface area contributed by atoms with E-state index >= 15 is 0 Å². The van der Waals surface area contributed by atoms with Crippen molar-refractivity contribution in [2.45, 2.75) is 25.8 Å². The highest BCUT2D eigenvalue weighted by atomic mass is 79.9. The molecule has 2 rings (SSSR count). The van der Waals surface area contributed by atoms with E-state index in [1.807, 2.05) is 13.8 Å². The molecule has 1 saturated heterocycles. The largest absolute Gasteiger partial charge is 0.314 e. The van der Waals surface area contributed by atoms with Gasteiger partial charge in [-0.05, 0) is 37.6 Å². The molecule has 5 heteroatoms. The molecule has 1 aromatic rings. The Hall–Kier alpha value is -0.780. The highest BCUT2D eigenvalue weighted by Crippen LogP contribution is 2.21. The molecule has 1 aliphatic rings. The van der Waals surface area contributed by atoms with Crippen LogP contribution in [-0.4, -0.2) is 42.4 Å². The molecule has 1 aliphatic heterocycles. The zero-order valence-corrected chi connectivity index (χ0v) is 13.5. The SMILES string of the molecule is CC(C)(C(=O)Cc1cc(F)cc(Br)c1)N1CCNCC1. The number of Topliss-reactive ketones (excluding diaryl/α,β-unsaturated/α-hetero) is 1. The number of nitrogens with one attached hydrogen (secondary N) is 1. The van der Waals surface area contributed by atoms with Crippen molar-refractivity contribution >= 4 is 21.7 Å². The zero-order chi connectivity index (χ0) is 14.8. The van der Waals surface area contributed by atoms with Crippen molar-refractivity contribution in [3.05, 3.63) is 34.1 Å². The minimum Gasteiger partial charge on any atom is -0.314 e. The Balaban J connectivity index is 2.09. The summed E-state index contributed by atoms with van der Waals surface area (Å²) in [6.45, 7) is 7.45. The summed E-state index contributed by atoms with van der Waals surface area (Å²) in [5.41, 5.74) is 0.200. The molecule has 1 aromatic carbocycles. The van der Waals surface area contributed by atoms with E-state index in [1.54, 1.807) is 6.07 Å². The van der Waals surface area contributed by atoms with Crippen LogP contribution in [0.3, 0.4) is 0 Å². The Labute approximate surface area is 127 Å². The fraction of sp³-hybridized carbons (Fsp3) is 0.533. The number of carbonyl (C=O) groups is 1. The molecule has 0 spiro atoms. The fourth-order valence-corrected chi connectivity index (χ4v) is 3.03. The van der Waals surface area contributed by atoms with Crippen LogP contribution in [0.1, 0.15) is 19.4 Å². The van der Waals surface area contributed by atoms with Gasteiger partial charge in [0.25, 0.3) is 0 Å². The van der Waals surface area contributed by atoms with Crippen molar-refractivity contribution in [3.8, 4) is 0 Å². The maximum Gasteiger partial charge on any atom is 0.156 e. The smallest absolute Gasteiger partial charge is 0.156 e. The molecule has 20 heavy (non-hydrogen) atoms. The Morgan fingerprint density at radius 2 is 2.00 bits per heavy atom. The summed E-state index contributed by atoms with van der Waals surface area (Å²) in [6, 6.07) is 4.63. The van der Waals surface area contributed by atoms with Gasteiger partial charge in [0.05, 0.1) is 5.54 Å². The number of benzene rings is 1. The third-order valence-corrected chi connectivity index (χ3v) is 4.33. The minimum atomic E-state index is -0.513. The Kier molecular flexibility index (Phi) is 4.94. The van der Waals surface area contributed by atoms with Gasteiger partial charge in [-0.1, -0.05) is 15.9 Å². The number of rotatable bonds is 4. The van der Waals surface area contributed by atoms with Gasteiger partial charge in [0.1, 0.15) is 5.82 Å². The van der Waals surface area contributed by atoms with Crippen LogP contribution in [0.2, 0.25) is 0 Å². The lowest BCUT2D eigenvalue weighted by molar-refractivity contribution is -0.129. The minimum absolute atomic E-state index is 0.122. The first-order valence-corrected chi connectivity index (χ1v) is 7.63. The predicted octanol–water partition coefficient (Wildman–Crippen LogP) is 2.38. The normalized spacial score (nSPS) is 17.2. The van der Waals surface area contributed by atoms with Crippen LogP contribution < -0.4 is 5.32 Å². The first-order chi connectivity index (χ1) is 9.39. The van der Waals surface area contributed by atoms with E-state index in [0.717, 1.165) is 26.2 Å². The highest BCUT2D eigenvalue weighted by Gasteiger charge is 2.34. The molecule has 0 unspecified atom stereocenters. The van der Waals surface area contributed by atoms with Crippen molar-refractivity contribution in [1.82, 2.24) is 10.2 Å². The maximum absolute atomic E-state index is 13.4. The van der Waals surface area contributed by atoms with Crippen LogP contribution in [0.4, 0.5) is 4.39 Å². The Morgan fingerprint density at radius 3 is 2.60 bits per heavy atom.